The molecule has 780 valence electrons. The van der Waals surface area contributed by atoms with E-state index >= 15 is 0 Å². The van der Waals surface area contributed by atoms with Gasteiger partial charge in [0.05, 0.1) is 38.6 Å². The maximum Gasteiger partial charge on any atom is 0.426 e. The first kappa shape index (κ1) is 113. The van der Waals surface area contributed by atoms with Crippen molar-refractivity contribution < 1.29 is 74.1 Å². The van der Waals surface area contributed by atoms with Gasteiger partial charge in [0.25, 0.3) is 0 Å². The zero-order valence-corrected chi connectivity index (χ0v) is 86.9. The Balaban J connectivity index is 0.000000155. The number of hydrogen-bond donors (Lipinski definition) is 0. The Morgan fingerprint density at radius 1 is 0.253 bits per heavy atom. The lowest BCUT2D eigenvalue weighted by Crippen LogP contribution is -2.22. The number of halogens is 2. The molecule has 0 atom stereocenters. The fourth-order valence-electron chi connectivity index (χ4n) is 16.9. The number of fused-ring (bicyclic) bond motifs is 7. The molecule has 0 N–H and O–H groups in total. The summed E-state index contributed by atoms with van der Waals surface area (Å²) in [5, 5.41) is 0.927. The summed E-state index contributed by atoms with van der Waals surface area (Å²) in [5.74, 6) is -6.20. The number of aromatic nitrogens is 7. The van der Waals surface area contributed by atoms with Crippen LogP contribution >= 0.6 is 23.2 Å². The zero-order valence-electron chi connectivity index (χ0n) is 85.4. The molecule has 0 saturated heterocycles. The molecule has 0 saturated carbocycles. The maximum absolute atomic E-state index is 12.5. The zero-order chi connectivity index (χ0) is 108. The SMILES string of the molecule is CC(=O)c1ccc2c(c1)oc(=O)n2C(=O)CCc1ccccc1C.CC(C)c1ccc2c(c1)oc(=O)n2C(=O)CCc1ccccc1.CCCCCCCC(=O)n1c(=O)oc2cc(C(C)=O)ccc21.CCCCCCCC(=O)n1c(=O)oc2ccc(Cl)cc21.CCCCCCCC(=O)n1c(=O)oc2ccccc21.Cc1ccccc1CCC(=O)n1c(=O)oc2ccccc21.O=C(CCc1ccccc1)n1c(=O)oc2ccc(Cl)cc21. The van der Waals surface area contributed by atoms with Crippen LogP contribution in [0.25, 0.3) is 77.7 Å². The molecule has 18 rings (SSSR count). The minimum atomic E-state index is -0.722. The molecule has 18 aromatic rings. The summed E-state index contributed by atoms with van der Waals surface area (Å²) in [5.41, 5.74) is 14.5. The Labute approximate surface area is 872 Å². The van der Waals surface area contributed by atoms with Crippen molar-refractivity contribution >= 4 is 154 Å². The van der Waals surface area contributed by atoms with Gasteiger partial charge in [-0.05, 0) is 227 Å². The third kappa shape index (κ3) is 30.1. The van der Waals surface area contributed by atoms with Crippen molar-refractivity contribution in [1.82, 2.24) is 32.0 Å². The molecular formula is C118H121Cl2N7O23. The highest BCUT2D eigenvalue weighted by molar-refractivity contribution is 6.31. The molecule has 0 spiro atoms. The third-order valence-electron chi connectivity index (χ3n) is 25.2. The van der Waals surface area contributed by atoms with Crippen molar-refractivity contribution in [3.05, 3.63) is 383 Å². The lowest BCUT2D eigenvalue weighted by molar-refractivity contribution is 0.0886. The average Bonchev–Trinajstić information content (AvgIpc) is 1.67. The van der Waals surface area contributed by atoms with E-state index in [1.807, 2.05) is 135 Å². The highest BCUT2D eigenvalue weighted by Gasteiger charge is 2.25. The minimum absolute atomic E-state index is 0.112. The first-order valence-electron chi connectivity index (χ1n) is 50.5. The van der Waals surface area contributed by atoms with Crippen LogP contribution in [0.3, 0.4) is 0 Å². The predicted molar refractivity (Wildman–Crippen MR) is 580 cm³/mol. The van der Waals surface area contributed by atoms with E-state index in [4.69, 9.17) is 54.1 Å². The Kier molecular flexibility index (Phi) is 41.4. The van der Waals surface area contributed by atoms with Crippen molar-refractivity contribution in [3.63, 3.8) is 0 Å². The molecule has 0 bridgehead atoms. The van der Waals surface area contributed by atoms with Crippen LogP contribution in [0.4, 0.5) is 0 Å². The van der Waals surface area contributed by atoms with E-state index in [-0.39, 0.29) is 89.8 Å². The van der Waals surface area contributed by atoms with Crippen molar-refractivity contribution in [2.24, 2.45) is 0 Å². The van der Waals surface area contributed by atoms with E-state index < -0.39 is 40.3 Å². The van der Waals surface area contributed by atoms with Gasteiger partial charge in [0.2, 0.25) is 41.4 Å². The summed E-state index contributed by atoms with van der Waals surface area (Å²) in [7, 11) is 0. The van der Waals surface area contributed by atoms with Crippen molar-refractivity contribution in [2.45, 2.75) is 235 Å². The Morgan fingerprint density at radius 3 is 0.833 bits per heavy atom. The molecule has 30 nitrogen and oxygen atoms in total. The van der Waals surface area contributed by atoms with Gasteiger partial charge in [-0.2, -0.15) is 0 Å². The molecule has 0 aliphatic heterocycles. The summed E-state index contributed by atoms with van der Waals surface area (Å²) in [6.45, 7) is 17.5. The number of nitrogens with zero attached hydrogens (tertiary/aromatic N) is 7. The second kappa shape index (κ2) is 55.1. The largest absolute Gasteiger partial charge is 0.426 e. The summed E-state index contributed by atoms with van der Waals surface area (Å²) >= 11 is 11.8. The van der Waals surface area contributed by atoms with Crippen molar-refractivity contribution in [3.8, 4) is 0 Å². The molecule has 0 radical (unpaired) electrons. The van der Waals surface area contributed by atoms with Crippen LogP contribution in [0.2, 0.25) is 10.0 Å². The molecule has 0 aliphatic carbocycles. The number of ketones is 2. The minimum Gasteiger partial charge on any atom is -0.407 e. The molecule has 7 aromatic heterocycles. The molecule has 0 amide bonds. The lowest BCUT2D eigenvalue weighted by atomic mass is 10.0. The van der Waals surface area contributed by atoms with Gasteiger partial charge in [0.1, 0.15) is 0 Å². The van der Waals surface area contributed by atoms with Crippen LogP contribution in [-0.4, -0.2) is 84.9 Å². The van der Waals surface area contributed by atoms with Crippen LogP contribution in [0, 0.1) is 13.8 Å². The first-order valence-corrected chi connectivity index (χ1v) is 51.2. The van der Waals surface area contributed by atoms with Gasteiger partial charge < -0.3 is 30.9 Å². The number of unbranched alkanes of at least 4 members (excludes halogenated alkanes) is 12. The second-order valence-corrected chi connectivity index (χ2v) is 37.4. The molecule has 7 heterocycles. The van der Waals surface area contributed by atoms with Crippen molar-refractivity contribution in [1.29, 1.82) is 0 Å². The highest BCUT2D eigenvalue weighted by Crippen LogP contribution is 2.28. The third-order valence-corrected chi connectivity index (χ3v) is 25.7. The van der Waals surface area contributed by atoms with Crippen LogP contribution in [0.5, 0.6) is 0 Å². The van der Waals surface area contributed by atoms with Crippen LogP contribution < -0.4 is 40.3 Å². The average molecular weight is 2080 g/mol. The number of carbonyl (C=O) groups is 9. The highest BCUT2D eigenvalue weighted by atomic mass is 35.5. The van der Waals surface area contributed by atoms with E-state index in [0.29, 0.717) is 139 Å². The number of aryl methyl sites for hydroxylation is 6. The molecule has 32 heteroatoms. The second-order valence-electron chi connectivity index (χ2n) is 36.5. The fraction of sp³-hybridized carbons (Fsp3) is 0.305. The van der Waals surface area contributed by atoms with Crippen LogP contribution in [-0.2, 0) is 25.7 Å². The number of para-hydroxylation sites is 4. The Morgan fingerprint density at radius 2 is 0.513 bits per heavy atom. The Bertz CT molecular complexity index is 8280. The quantitative estimate of drug-likeness (QED) is 0.0272. The van der Waals surface area contributed by atoms with Gasteiger partial charge in [0.15, 0.2) is 50.6 Å². The van der Waals surface area contributed by atoms with Gasteiger partial charge in [-0.15, -0.1) is 0 Å². The lowest BCUT2D eigenvalue weighted by Gasteiger charge is -2.05. The molecular weight excluding hydrogens is 1950 g/mol. The molecule has 0 unspecified atom stereocenters. The monoisotopic (exact) mass is 2070 g/mol. The molecule has 0 fully saturated rings. The topological polar surface area (TPSA) is 400 Å². The van der Waals surface area contributed by atoms with Gasteiger partial charge >= 0.3 is 40.3 Å². The Hall–Kier alpha value is -16.1. The number of oxazole rings is 7. The number of rotatable bonds is 33. The van der Waals surface area contributed by atoms with Crippen molar-refractivity contribution in [2.75, 3.05) is 0 Å². The van der Waals surface area contributed by atoms with E-state index in [9.17, 15) is 76.7 Å². The standard InChI is InChI=1S/C19H17NO4.C19H19NO3.C17H21NO4.C17H15NO3.C16H12ClNO3.C15H18ClNO3.C15H19NO3/c1-12-5-3-4-6-14(12)8-10-18(22)20-16-9-7-15(13(2)21)11-17(16)24-19(20)23;1-13(2)15-9-10-16-17(12-15)23-19(22)20(16)18(21)11-8-14-6-4-3-5-7-14;1-3-4-5-6-7-8-16(20)18-14-10-9-13(12(2)19)11-15(14)22-17(18)21;1-12-6-2-3-7-13(12)10-11-16(19)18-14-8-4-5-9-15(14)21-17(18)20;17-12-7-8-14-13(10-12)18(16(20)21-14)15(19)9-6-11-4-2-1-3-5-11;1-2-3-4-5-6-7-14(18)17-12-10-11(16)8-9-13(12)20-15(17)19;1-2-3-4-5-6-11-14(17)16-12-9-7-8-10-13(12)19-15(16)18/h3-7,9,11H,8,10H2,1-2H3;3-7,9-10,12-13H,8,11H2,1-2H3;9-11H,3-8H2,1-2H3;2-9H,10-11H2,1H3;1-5,7-8,10H,6,9H2;8-10H,2-7H2,1H3;7-10H,2-6,11H2,1H3. The van der Waals surface area contributed by atoms with Gasteiger partial charge in [-0.1, -0.05) is 274 Å². The first-order chi connectivity index (χ1) is 72.2. The molecule has 0 aliphatic rings. The summed E-state index contributed by atoms with van der Waals surface area (Å²) in [6, 6.07) is 73.6. The summed E-state index contributed by atoms with van der Waals surface area (Å²) in [6.07, 6.45) is 20.2. The van der Waals surface area contributed by atoms with E-state index in [0.717, 1.165) is 148 Å². The smallest absolute Gasteiger partial charge is 0.407 e. The van der Waals surface area contributed by atoms with Crippen LogP contribution in [0.1, 0.15) is 289 Å². The fourth-order valence-corrected chi connectivity index (χ4v) is 17.2. The summed E-state index contributed by atoms with van der Waals surface area (Å²) in [4.78, 5) is 192. The van der Waals surface area contributed by atoms with E-state index in [2.05, 4.69) is 34.6 Å². The number of hydrogen-bond acceptors (Lipinski definition) is 23. The number of carbonyl (C=O) groups excluding carboxylic acids is 9. The number of Topliss-reactive ketones (excluding diaryl/α,β-unsaturated/α-hetero) is 2. The molecule has 150 heavy (non-hydrogen) atoms. The van der Waals surface area contributed by atoms with E-state index in [1.54, 1.807) is 115 Å². The maximum atomic E-state index is 12.5. The number of benzene rings is 11. The normalized spacial score (nSPS) is 11.0. The van der Waals surface area contributed by atoms with E-state index in [1.165, 1.54) is 45.2 Å². The van der Waals surface area contributed by atoms with Gasteiger partial charge in [0, 0.05) is 66.1 Å². The van der Waals surface area contributed by atoms with Gasteiger partial charge in [-0.25, -0.2) is 65.5 Å². The van der Waals surface area contributed by atoms with Crippen LogP contribution in [0.15, 0.2) is 313 Å². The summed E-state index contributed by atoms with van der Waals surface area (Å²) < 4.78 is 43.3. The predicted octanol–water partition coefficient (Wildman–Crippen LogP) is 25.7. The molecule has 11 aromatic carbocycles. The van der Waals surface area contributed by atoms with Gasteiger partial charge in [-0.3, -0.25) is 43.2 Å².